The van der Waals surface area contributed by atoms with E-state index in [0.29, 0.717) is 19.0 Å². The fourth-order valence-corrected chi connectivity index (χ4v) is 2.57. The molecule has 0 saturated carbocycles. The minimum absolute atomic E-state index is 0.118. The first kappa shape index (κ1) is 16.6. The summed E-state index contributed by atoms with van der Waals surface area (Å²) in [4.78, 5) is 12.9. The van der Waals surface area contributed by atoms with Crippen molar-refractivity contribution in [2.24, 2.45) is 0 Å². The Hall–Kier alpha value is -1.46. The van der Waals surface area contributed by atoms with E-state index >= 15 is 0 Å². The lowest BCUT2D eigenvalue weighted by atomic mass is 10.1. The summed E-state index contributed by atoms with van der Waals surface area (Å²) in [6, 6.07) is 7.29. The molecule has 0 aliphatic carbocycles. The van der Waals surface area contributed by atoms with Gasteiger partial charge in [0.2, 0.25) is 0 Å². The van der Waals surface area contributed by atoms with Crippen molar-refractivity contribution >= 4 is 5.69 Å². The minimum Gasteiger partial charge on any atom is -0.395 e. The summed E-state index contributed by atoms with van der Waals surface area (Å²) >= 11 is 0. The van der Waals surface area contributed by atoms with Gasteiger partial charge in [0.25, 0.3) is 5.69 Å². The number of aliphatic hydroxyl groups excluding tert-OH is 1. The van der Waals surface area contributed by atoms with Crippen LogP contribution >= 0.6 is 0 Å². The van der Waals surface area contributed by atoms with Crippen LogP contribution in [0.15, 0.2) is 24.3 Å². The maximum Gasteiger partial charge on any atom is 0.272 e. The van der Waals surface area contributed by atoms with Gasteiger partial charge >= 0.3 is 0 Å². The first-order valence-electron chi connectivity index (χ1n) is 7.21. The van der Waals surface area contributed by atoms with Crippen LogP contribution in [-0.2, 0) is 6.42 Å². The molecule has 1 rings (SSSR count). The Kier molecular flexibility index (Phi) is 7.18. The van der Waals surface area contributed by atoms with Crippen LogP contribution in [0.3, 0.4) is 0 Å². The fraction of sp³-hybridized carbons (Fsp3) is 0.600. The summed E-state index contributed by atoms with van der Waals surface area (Å²) in [5, 5.41) is 20.2. The van der Waals surface area contributed by atoms with E-state index in [1.54, 1.807) is 12.1 Å². The number of hydrogen-bond acceptors (Lipinski definition) is 4. The lowest BCUT2D eigenvalue weighted by Crippen LogP contribution is -2.38. The molecule has 20 heavy (non-hydrogen) atoms. The molecule has 5 nitrogen and oxygen atoms in total. The summed E-state index contributed by atoms with van der Waals surface area (Å²) in [7, 11) is 0. The van der Waals surface area contributed by atoms with Crippen molar-refractivity contribution in [3.8, 4) is 0 Å². The molecule has 0 amide bonds. The molecule has 0 aromatic heterocycles. The molecule has 0 fully saturated rings. The molecular formula is C15H24N2O3. The van der Waals surface area contributed by atoms with Gasteiger partial charge in [-0.1, -0.05) is 32.0 Å². The Balaban J connectivity index is 2.74. The minimum atomic E-state index is -0.331. The van der Waals surface area contributed by atoms with Gasteiger partial charge in [0.05, 0.1) is 11.5 Å². The lowest BCUT2D eigenvalue weighted by molar-refractivity contribution is -0.385. The smallest absolute Gasteiger partial charge is 0.272 e. The molecule has 0 bridgehead atoms. The van der Waals surface area contributed by atoms with Gasteiger partial charge in [-0.2, -0.15) is 0 Å². The van der Waals surface area contributed by atoms with Crippen LogP contribution in [0.25, 0.3) is 0 Å². The number of para-hydroxylation sites is 1. The molecule has 0 radical (unpaired) electrons. The fourth-order valence-electron chi connectivity index (χ4n) is 2.57. The van der Waals surface area contributed by atoms with E-state index in [1.807, 2.05) is 12.1 Å². The zero-order valence-corrected chi connectivity index (χ0v) is 12.3. The molecule has 0 aliphatic heterocycles. The predicted molar refractivity (Wildman–Crippen MR) is 79.8 cm³/mol. The van der Waals surface area contributed by atoms with Gasteiger partial charge in [0.15, 0.2) is 0 Å². The molecule has 1 N–H and O–H groups in total. The first-order valence-corrected chi connectivity index (χ1v) is 7.21. The highest BCUT2D eigenvalue weighted by Crippen LogP contribution is 2.19. The predicted octanol–water partition coefficient (Wildman–Crippen LogP) is 2.62. The highest BCUT2D eigenvalue weighted by atomic mass is 16.6. The van der Waals surface area contributed by atoms with Gasteiger partial charge in [-0.3, -0.25) is 15.0 Å². The summed E-state index contributed by atoms with van der Waals surface area (Å²) in [6.07, 6.45) is 2.68. The Morgan fingerprint density at radius 2 is 1.90 bits per heavy atom. The quantitative estimate of drug-likeness (QED) is 0.558. The number of nitro groups is 1. The number of nitro benzene ring substituents is 1. The van der Waals surface area contributed by atoms with E-state index in [9.17, 15) is 10.1 Å². The van der Waals surface area contributed by atoms with Crippen molar-refractivity contribution in [3.05, 3.63) is 39.9 Å². The molecule has 0 atom stereocenters. The van der Waals surface area contributed by atoms with Crippen molar-refractivity contribution in [2.75, 3.05) is 19.7 Å². The Morgan fingerprint density at radius 3 is 2.45 bits per heavy atom. The normalized spacial score (nSPS) is 11.2. The zero-order chi connectivity index (χ0) is 15.0. The number of hydrogen-bond donors (Lipinski definition) is 1. The molecule has 0 heterocycles. The number of rotatable bonds is 9. The third-order valence-corrected chi connectivity index (χ3v) is 3.70. The van der Waals surface area contributed by atoms with Crippen molar-refractivity contribution in [3.63, 3.8) is 0 Å². The van der Waals surface area contributed by atoms with Crippen LogP contribution in [0.2, 0.25) is 0 Å². The highest BCUT2D eigenvalue weighted by Gasteiger charge is 2.17. The third kappa shape index (κ3) is 4.58. The SMILES string of the molecule is CCC(CC)N(CCO)CCc1ccccc1[N+](=O)[O-]. The van der Waals surface area contributed by atoms with Crippen LogP contribution in [-0.4, -0.2) is 40.7 Å². The third-order valence-electron chi connectivity index (χ3n) is 3.70. The van der Waals surface area contributed by atoms with E-state index < -0.39 is 0 Å². The van der Waals surface area contributed by atoms with Crippen molar-refractivity contribution in [1.29, 1.82) is 0 Å². The van der Waals surface area contributed by atoms with Crippen LogP contribution in [0.5, 0.6) is 0 Å². The second-order valence-corrected chi connectivity index (χ2v) is 4.87. The molecule has 112 valence electrons. The highest BCUT2D eigenvalue weighted by molar-refractivity contribution is 5.39. The average molecular weight is 280 g/mol. The van der Waals surface area contributed by atoms with E-state index in [1.165, 1.54) is 0 Å². The monoisotopic (exact) mass is 280 g/mol. The number of aliphatic hydroxyl groups is 1. The molecule has 0 aliphatic rings. The largest absolute Gasteiger partial charge is 0.395 e. The van der Waals surface area contributed by atoms with Gasteiger partial charge in [-0.25, -0.2) is 0 Å². The Labute approximate surface area is 120 Å². The average Bonchev–Trinajstić information content (AvgIpc) is 2.46. The van der Waals surface area contributed by atoms with Gasteiger partial charge in [-0.05, 0) is 19.3 Å². The second kappa shape index (κ2) is 8.66. The molecule has 5 heteroatoms. The molecule has 0 spiro atoms. The van der Waals surface area contributed by atoms with Gasteiger partial charge < -0.3 is 5.11 Å². The van der Waals surface area contributed by atoms with Crippen LogP contribution in [0.1, 0.15) is 32.3 Å². The van der Waals surface area contributed by atoms with E-state index in [4.69, 9.17) is 5.11 Å². The molecular weight excluding hydrogens is 256 g/mol. The second-order valence-electron chi connectivity index (χ2n) is 4.87. The first-order chi connectivity index (χ1) is 9.63. The number of nitrogens with zero attached hydrogens (tertiary/aromatic N) is 2. The van der Waals surface area contributed by atoms with Crippen LogP contribution in [0, 0.1) is 10.1 Å². The Morgan fingerprint density at radius 1 is 1.25 bits per heavy atom. The molecule has 0 saturated heterocycles. The van der Waals surface area contributed by atoms with E-state index in [0.717, 1.165) is 24.9 Å². The van der Waals surface area contributed by atoms with Gasteiger partial charge in [-0.15, -0.1) is 0 Å². The molecule has 1 aromatic carbocycles. The Bertz CT molecular complexity index is 419. The maximum absolute atomic E-state index is 11.0. The molecule has 0 unspecified atom stereocenters. The topological polar surface area (TPSA) is 66.6 Å². The number of benzene rings is 1. The van der Waals surface area contributed by atoms with Crippen molar-refractivity contribution in [2.45, 2.75) is 39.2 Å². The summed E-state index contributed by atoms with van der Waals surface area (Å²) < 4.78 is 0. The van der Waals surface area contributed by atoms with Crippen LogP contribution < -0.4 is 0 Å². The lowest BCUT2D eigenvalue weighted by Gasteiger charge is -2.29. The molecule has 1 aromatic rings. The van der Waals surface area contributed by atoms with Crippen LogP contribution in [0.4, 0.5) is 5.69 Å². The van der Waals surface area contributed by atoms with E-state index in [2.05, 4.69) is 18.7 Å². The van der Waals surface area contributed by atoms with E-state index in [-0.39, 0.29) is 17.2 Å². The van der Waals surface area contributed by atoms with Gasteiger partial charge in [0, 0.05) is 30.8 Å². The summed E-state index contributed by atoms with van der Waals surface area (Å²) in [5.74, 6) is 0. The summed E-state index contributed by atoms with van der Waals surface area (Å²) in [6.45, 7) is 5.73. The summed E-state index contributed by atoms with van der Waals surface area (Å²) in [5.41, 5.74) is 0.937. The van der Waals surface area contributed by atoms with Crippen molar-refractivity contribution < 1.29 is 10.0 Å². The van der Waals surface area contributed by atoms with Gasteiger partial charge in [0.1, 0.15) is 0 Å². The standard InChI is InChI=1S/C15H24N2O3/c1-3-14(4-2)16(11-12-18)10-9-13-7-5-6-8-15(13)17(19)20/h5-8,14,18H,3-4,9-12H2,1-2H3. The zero-order valence-electron chi connectivity index (χ0n) is 12.3. The van der Waals surface area contributed by atoms with Crippen molar-refractivity contribution in [1.82, 2.24) is 4.90 Å². The maximum atomic E-state index is 11.0.